The largest absolute Gasteiger partial charge is 0.396 e. The number of halogens is 3. The number of aromatic nitrogens is 2. The van der Waals surface area contributed by atoms with E-state index in [4.69, 9.17) is 9.84 Å². The van der Waals surface area contributed by atoms with Gasteiger partial charge < -0.3 is 9.84 Å². The fourth-order valence-corrected chi connectivity index (χ4v) is 2.05. The summed E-state index contributed by atoms with van der Waals surface area (Å²) in [6.45, 7) is -0.568. The summed E-state index contributed by atoms with van der Waals surface area (Å²) in [5.41, 5.74) is -1.69. The molecule has 9 heteroatoms. The van der Waals surface area contributed by atoms with Crippen molar-refractivity contribution < 1.29 is 23.0 Å². The van der Waals surface area contributed by atoms with Crippen molar-refractivity contribution in [3.63, 3.8) is 0 Å². The van der Waals surface area contributed by atoms with Crippen molar-refractivity contribution in [1.29, 1.82) is 0 Å². The van der Waals surface area contributed by atoms with Gasteiger partial charge in [-0.3, -0.25) is 14.3 Å². The summed E-state index contributed by atoms with van der Waals surface area (Å²) in [5, 5.41) is 8.89. The molecular weight excluding hydrogens is 269 g/mol. The Kier molecular flexibility index (Phi) is 3.50. The zero-order chi connectivity index (χ0) is 14.2. The summed E-state index contributed by atoms with van der Waals surface area (Å²) in [6, 6.07) is 0.935. The van der Waals surface area contributed by atoms with E-state index in [1.165, 1.54) is 0 Å². The Balaban J connectivity index is 2.40. The number of aliphatic hydroxyl groups is 1. The lowest BCUT2D eigenvalue weighted by molar-refractivity contribution is -0.198. The Bertz CT molecular complexity index is 565. The van der Waals surface area contributed by atoms with Gasteiger partial charge in [-0.05, 0) is 6.42 Å². The highest BCUT2D eigenvalue weighted by atomic mass is 19.4. The van der Waals surface area contributed by atoms with Crippen molar-refractivity contribution >= 4 is 0 Å². The van der Waals surface area contributed by atoms with Crippen molar-refractivity contribution in [2.45, 2.75) is 24.9 Å². The molecule has 0 saturated carbocycles. The predicted molar refractivity (Wildman–Crippen MR) is 56.5 cm³/mol. The topological polar surface area (TPSA) is 84.3 Å². The highest BCUT2D eigenvalue weighted by Gasteiger charge is 2.52. The van der Waals surface area contributed by atoms with E-state index < -0.39 is 48.7 Å². The number of rotatable bonds is 2. The minimum atomic E-state index is -4.57. The first-order valence-corrected chi connectivity index (χ1v) is 5.47. The summed E-state index contributed by atoms with van der Waals surface area (Å²) in [4.78, 5) is 24.2. The molecule has 1 saturated heterocycles. The van der Waals surface area contributed by atoms with Gasteiger partial charge in [-0.15, -0.1) is 0 Å². The standard InChI is InChI=1S/C10H11F3N2O4/c11-10(12,13)6-3-5(4-16)19-8(6)15-2-1-7(17)14-9(15)18/h1-2,5-6,8,16H,3-4H2,(H,14,17,18)/t5-,6-,8+/m0/s1. The van der Waals surface area contributed by atoms with Gasteiger partial charge in [0.1, 0.15) is 12.1 Å². The average molecular weight is 280 g/mol. The van der Waals surface area contributed by atoms with E-state index in [1.54, 1.807) is 0 Å². The van der Waals surface area contributed by atoms with Crippen molar-refractivity contribution in [1.82, 2.24) is 9.55 Å². The summed E-state index contributed by atoms with van der Waals surface area (Å²) >= 11 is 0. The first kappa shape index (κ1) is 13.8. The van der Waals surface area contributed by atoms with Crippen molar-refractivity contribution in [2.24, 2.45) is 5.92 Å². The van der Waals surface area contributed by atoms with Gasteiger partial charge in [0.05, 0.1) is 12.7 Å². The molecule has 3 atom stereocenters. The van der Waals surface area contributed by atoms with Gasteiger partial charge in [0.2, 0.25) is 0 Å². The predicted octanol–water partition coefficient (Wildman–Crippen LogP) is -0.00510. The normalized spacial score (nSPS) is 27.7. The molecule has 19 heavy (non-hydrogen) atoms. The van der Waals surface area contributed by atoms with Gasteiger partial charge >= 0.3 is 11.9 Å². The molecule has 0 unspecified atom stereocenters. The van der Waals surface area contributed by atoms with E-state index >= 15 is 0 Å². The molecule has 1 aliphatic rings. The van der Waals surface area contributed by atoms with Crippen molar-refractivity contribution in [2.75, 3.05) is 6.61 Å². The number of nitrogens with zero attached hydrogens (tertiary/aromatic N) is 1. The molecule has 1 aromatic rings. The van der Waals surface area contributed by atoms with Gasteiger partial charge in [-0.2, -0.15) is 13.2 Å². The quantitative estimate of drug-likeness (QED) is 0.798. The van der Waals surface area contributed by atoms with Gasteiger partial charge in [0, 0.05) is 12.3 Å². The van der Waals surface area contributed by atoms with E-state index in [-0.39, 0.29) is 0 Å². The van der Waals surface area contributed by atoms with Crippen molar-refractivity contribution in [3.05, 3.63) is 33.1 Å². The highest BCUT2D eigenvalue weighted by molar-refractivity contribution is 4.90. The maximum atomic E-state index is 12.9. The number of H-pyrrole nitrogens is 1. The minimum absolute atomic E-state index is 0.434. The lowest BCUT2D eigenvalue weighted by Crippen LogP contribution is -2.37. The van der Waals surface area contributed by atoms with Crippen LogP contribution in [-0.2, 0) is 4.74 Å². The lowest BCUT2D eigenvalue weighted by Gasteiger charge is -2.22. The third kappa shape index (κ3) is 2.71. The van der Waals surface area contributed by atoms with Crippen LogP contribution < -0.4 is 11.2 Å². The summed E-state index contributed by atoms with van der Waals surface area (Å²) in [6.07, 6.45) is -6.62. The SMILES string of the molecule is O=c1ccn([C@@H]2O[C@H](CO)C[C@@H]2C(F)(F)F)c(=O)[nH]1. The maximum absolute atomic E-state index is 12.9. The Morgan fingerprint density at radius 2 is 2.16 bits per heavy atom. The fourth-order valence-electron chi connectivity index (χ4n) is 2.05. The Morgan fingerprint density at radius 3 is 2.68 bits per heavy atom. The van der Waals surface area contributed by atoms with Crippen LogP contribution in [0.15, 0.2) is 21.9 Å². The van der Waals surface area contributed by atoms with Crippen LogP contribution in [0.5, 0.6) is 0 Å². The molecule has 0 bridgehead atoms. The van der Waals surface area contributed by atoms with E-state index in [1.807, 2.05) is 4.98 Å². The zero-order valence-corrected chi connectivity index (χ0v) is 9.55. The molecule has 2 rings (SSSR count). The Morgan fingerprint density at radius 1 is 1.47 bits per heavy atom. The number of alkyl halides is 3. The van der Waals surface area contributed by atoms with Crippen LogP contribution in [-0.4, -0.2) is 33.5 Å². The molecule has 0 spiro atoms. The minimum Gasteiger partial charge on any atom is -0.394 e. The second-order valence-corrected chi connectivity index (χ2v) is 4.23. The zero-order valence-electron chi connectivity index (χ0n) is 9.55. The van der Waals surface area contributed by atoms with Crippen LogP contribution in [0.1, 0.15) is 12.6 Å². The molecule has 1 aromatic heterocycles. The Hall–Kier alpha value is -1.61. The van der Waals surface area contributed by atoms with Crippen LogP contribution in [0.25, 0.3) is 0 Å². The highest BCUT2D eigenvalue weighted by Crippen LogP contribution is 2.43. The molecule has 106 valence electrons. The second-order valence-electron chi connectivity index (χ2n) is 4.23. The van der Waals surface area contributed by atoms with Gasteiger partial charge in [0.15, 0.2) is 0 Å². The molecule has 1 aliphatic heterocycles. The van der Waals surface area contributed by atoms with E-state index in [2.05, 4.69) is 0 Å². The number of hydrogen-bond acceptors (Lipinski definition) is 4. The first-order chi connectivity index (χ1) is 8.82. The first-order valence-electron chi connectivity index (χ1n) is 5.47. The number of aliphatic hydroxyl groups excluding tert-OH is 1. The molecule has 1 fully saturated rings. The number of aromatic amines is 1. The number of ether oxygens (including phenoxy) is 1. The molecule has 0 aliphatic carbocycles. The molecule has 0 radical (unpaired) electrons. The van der Waals surface area contributed by atoms with Crippen LogP contribution in [0.4, 0.5) is 13.2 Å². The lowest BCUT2D eigenvalue weighted by atomic mass is 10.0. The van der Waals surface area contributed by atoms with E-state index in [0.717, 1.165) is 12.3 Å². The Labute approximate surface area is 104 Å². The summed E-state index contributed by atoms with van der Waals surface area (Å²) < 4.78 is 44.3. The number of hydrogen-bond donors (Lipinski definition) is 2. The summed E-state index contributed by atoms with van der Waals surface area (Å²) in [5.74, 6) is -1.91. The fraction of sp³-hybridized carbons (Fsp3) is 0.600. The average Bonchev–Trinajstić information content (AvgIpc) is 2.72. The van der Waals surface area contributed by atoms with E-state index in [0.29, 0.717) is 4.57 Å². The van der Waals surface area contributed by atoms with Crippen molar-refractivity contribution in [3.8, 4) is 0 Å². The number of nitrogens with one attached hydrogen (secondary N) is 1. The van der Waals surface area contributed by atoms with Crippen LogP contribution in [0.3, 0.4) is 0 Å². The smallest absolute Gasteiger partial charge is 0.394 e. The van der Waals surface area contributed by atoms with Gasteiger partial charge in [-0.25, -0.2) is 4.79 Å². The molecule has 0 amide bonds. The van der Waals surface area contributed by atoms with Crippen LogP contribution in [0, 0.1) is 5.92 Å². The van der Waals surface area contributed by atoms with Crippen LogP contribution in [0.2, 0.25) is 0 Å². The second kappa shape index (κ2) is 4.82. The third-order valence-corrected chi connectivity index (χ3v) is 2.94. The molecule has 2 heterocycles. The van der Waals surface area contributed by atoms with Crippen LogP contribution >= 0.6 is 0 Å². The molecule has 6 nitrogen and oxygen atoms in total. The van der Waals surface area contributed by atoms with E-state index in [9.17, 15) is 22.8 Å². The van der Waals surface area contributed by atoms with Gasteiger partial charge in [-0.1, -0.05) is 0 Å². The third-order valence-electron chi connectivity index (χ3n) is 2.94. The monoisotopic (exact) mass is 280 g/mol. The summed E-state index contributed by atoms with van der Waals surface area (Å²) in [7, 11) is 0. The maximum Gasteiger partial charge on any atom is 0.396 e. The molecular formula is C10H11F3N2O4. The molecule has 2 N–H and O–H groups in total. The molecule has 0 aromatic carbocycles. The van der Waals surface area contributed by atoms with Gasteiger partial charge in [0.25, 0.3) is 5.56 Å².